The molecule has 1 aromatic carbocycles. The van der Waals surface area contributed by atoms with E-state index in [0.29, 0.717) is 4.90 Å². The van der Waals surface area contributed by atoms with E-state index in [1.165, 1.54) is 6.26 Å². The fourth-order valence-electron chi connectivity index (χ4n) is 1.31. The van der Waals surface area contributed by atoms with Gasteiger partial charge in [0.2, 0.25) is 0 Å². The van der Waals surface area contributed by atoms with E-state index in [1.807, 2.05) is 0 Å². The third kappa shape index (κ3) is 3.02. The first kappa shape index (κ1) is 12.2. The highest BCUT2D eigenvalue weighted by Crippen LogP contribution is 2.15. The van der Waals surface area contributed by atoms with Crippen LogP contribution < -0.4 is 5.32 Å². The van der Waals surface area contributed by atoms with Gasteiger partial charge in [-0.3, -0.25) is 0 Å². The van der Waals surface area contributed by atoms with Crippen molar-refractivity contribution in [3.05, 3.63) is 29.8 Å². The van der Waals surface area contributed by atoms with Crippen LogP contribution in [0.5, 0.6) is 0 Å². The second kappa shape index (κ2) is 4.74. The fourth-order valence-corrected chi connectivity index (χ4v) is 1.94. The summed E-state index contributed by atoms with van der Waals surface area (Å²) in [4.78, 5) is 0.291. The number of rotatable bonds is 4. The first-order valence-electron chi connectivity index (χ1n) is 4.57. The van der Waals surface area contributed by atoms with Gasteiger partial charge in [-0.05, 0) is 24.7 Å². The van der Waals surface area contributed by atoms with E-state index in [0.717, 1.165) is 5.56 Å². The predicted octanol–water partition coefficient (Wildman–Crippen LogP) is 0.343. The number of likely N-dealkylation sites (N-methyl/N-ethyl adjacent to an activating group) is 1. The van der Waals surface area contributed by atoms with Gasteiger partial charge in [0.15, 0.2) is 9.84 Å². The Kier molecular flexibility index (Phi) is 3.84. The summed E-state index contributed by atoms with van der Waals surface area (Å²) < 4.78 is 22.4. The smallest absolute Gasteiger partial charge is 0.175 e. The summed E-state index contributed by atoms with van der Waals surface area (Å²) in [5.41, 5.74) is 0.868. The maximum absolute atomic E-state index is 11.2. The highest BCUT2D eigenvalue weighted by molar-refractivity contribution is 7.90. The van der Waals surface area contributed by atoms with E-state index in [4.69, 9.17) is 5.11 Å². The lowest BCUT2D eigenvalue weighted by Crippen LogP contribution is -2.19. The summed E-state index contributed by atoms with van der Waals surface area (Å²) in [6.07, 6.45) is 1.17. The Morgan fingerprint density at radius 2 is 1.87 bits per heavy atom. The number of sulfone groups is 1. The minimum atomic E-state index is -3.14. The number of hydrogen-bond acceptors (Lipinski definition) is 4. The number of aliphatic hydroxyl groups is 1. The lowest BCUT2D eigenvalue weighted by atomic mass is 10.1. The van der Waals surface area contributed by atoms with Gasteiger partial charge in [0.25, 0.3) is 0 Å². The molecule has 1 unspecified atom stereocenters. The van der Waals surface area contributed by atoms with Crippen LogP contribution in [0.2, 0.25) is 0 Å². The number of nitrogens with one attached hydrogen (secondary N) is 1. The second-order valence-corrected chi connectivity index (χ2v) is 5.38. The SMILES string of the molecule is CNC(CO)c1ccc(S(C)(=O)=O)cc1. The summed E-state index contributed by atoms with van der Waals surface area (Å²) >= 11 is 0. The largest absolute Gasteiger partial charge is 0.394 e. The number of benzene rings is 1. The Morgan fingerprint density at radius 3 is 2.20 bits per heavy atom. The summed E-state index contributed by atoms with van der Waals surface area (Å²) in [5, 5.41) is 12.0. The molecule has 1 aromatic rings. The molecule has 0 saturated carbocycles. The van der Waals surface area contributed by atoms with Gasteiger partial charge < -0.3 is 10.4 Å². The van der Waals surface area contributed by atoms with Crippen LogP contribution in [0, 0.1) is 0 Å². The minimum Gasteiger partial charge on any atom is -0.394 e. The quantitative estimate of drug-likeness (QED) is 0.781. The highest BCUT2D eigenvalue weighted by Gasteiger charge is 2.10. The maximum atomic E-state index is 11.2. The molecule has 0 aliphatic carbocycles. The van der Waals surface area contributed by atoms with E-state index >= 15 is 0 Å². The average molecular weight is 229 g/mol. The van der Waals surface area contributed by atoms with E-state index in [-0.39, 0.29) is 12.6 Å². The Hall–Kier alpha value is -0.910. The summed E-state index contributed by atoms with van der Waals surface area (Å²) in [6.45, 7) is -0.0191. The lowest BCUT2D eigenvalue weighted by molar-refractivity contribution is 0.251. The Bertz CT molecular complexity index is 407. The monoisotopic (exact) mass is 229 g/mol. The van der Waals surface area contributed by atoms with Crippen molar-refractivity contribution in [1.29, 1.82) is 0 Å². The molecule has 0 fully saturated rings. The molecular weight excluding hydrogens is 214 g/mol. The van der Waals surface area contributed by atoms with Crippen LogP contribution in [0.4, 0.5) is 0 Å². The van der Waals surface area contributed by atoms with E-state index in [1.54, 1.807) is 31.3 Å². The highest BCUT2D eigenvalue weighted by atomic mass is 32.2. The van der Waals surface area contributed by atoms with Crippen molar-refractivity contribution in [3.8, 4) is 0 Å². The minimum absolute atomic E-state index is 0.0191. The van der Waals surface area contributed by atoms with Crippen molar-refractivity contribution in [2.24, 2.45) is 0 Å². The molecular formula is C10H15NO3S. The van der Waals surface area contributed by atoms with Crippen molar-refractivity contribution in [1.82, 2.24) is 5.32 Å². The molecule has 0 spiro atoms. The summed E-state index contributed by atoms with van der Waals surface area (Å²) in [6, 6.07) is 6.34. The number of hydrogen-bond donors (Lipinski definition) is 2. The van der Waals surface area contributed by atoms with Gasteiger partial charge in [0, 0.05) is 6.26 Å². The normalized spacial score (nSPS) is 13.8. The van der Waals surface area contributed by atoms with Crippen LogP contribution in [-0.2, 0) is 9.84 Å². The van der Waals surface area contributed by atoms with Crippen molar-refractivity contribution in [2.45, 2.75) is 10.9 Å². The Balaban J connectivity index is 3.00. The first-order chi connectivity index (χ1) is 6.99. The van der Waals surface area contributed by atoms with Crippen molar-refractivity contribution in [2.75, 3.05) is 19.9 Å². The molecule has 0 heterocycles. The van der Waals surface area contributed by atoms with E-state index in [9.17, 15) is 8.42 Å². The molecule has 0 aliphatic rings. The first-order valence-corrected chi connectivity index (χ1v) is 6.46. The molecule has 0 amide bonds. The second-order valence-electron chi connectivity index (χ2n) is 3.37. The molecule has 1 rings (SSSR count). The lowest BCUT2D eigenvalue weighted by Gasteiger charge is -2.13. The Labute approximate surface area is 89.9 Å². The van der Waals surface area contributed by atoms with Crippen molar-refractivity contribution < 1.29 is 13.5 Å². The predicted molar refractivity (Wildman–Crippen MR) is 58.4 cm³/mol. The van der Waals surface area contributed by atoms with Crippen LogP contribution in [0.15, 0.2) is 29.2 Å². The molecule has 84 valence electrons. The molecule has 0 radical (unpaired) electrons. The third-order valence-corrected chi connectivity index (χ3v) is 3.37. The fraction of sp³-hybridized carbons (Fsp3) is 0.400. The maximum Gasteiger partial charge on any atom is 0.175 e. The van der Waals surface area contributed by atoms with Crippen LogP contribution >= 0.6 is 0 Å². The number of aliphatic hydroxyl groups excluding tert-OH is 1. The zero-order valence-electron chi connectivity index (χ0n) is 8.77. The van der Waals surface area contributed by atoms with Crippen molar-refractivity contribution in [3.63, 3.8) is 0 Å². The van der Waals surface area contributed by atoms with Crippen LogP contribution in [0.1, 0.15) is 11.6 Å². The van der Waals surface area contributed by atoms with Gasteiger partial charge in [-0.25, -0.2) is 8.42 Å². The summed E-state index contributed by atoms with van der Waals surface area (Å²) in [7, 11) is -1.40. The molecule has 5 heteroatoms. The van der Waals surface area contributed by atoms with Gasteiger partial charge in [0.05, 0.1) is 17.5 Å². The molecule has 0 aromatic heterocycles. The average Bonchev–Trinajstić information content (AvgIpc) is 2.19. The zero-order valence-corrected chi connectivity index (χ0v) is 9.58. The van der Waals surface area contributed by atoms with E-state index < -0.39 is 9.84 Å². The van der Waals surface area contributed by atoms with Gasteiger partial charge in [-0.2, -0.15) is 0 Å². The van der Waals surface area contributed by atoms with Crippen LogP contribution in [0.3, 0.4) is 0 Å². The molecule has 0 bridgehead atoms. The van der Waals surface area contributed by atoms with E-state index in [2.05, 4.69) is 5.32 Å². The van der Waals surface area contributed by atoms with Gasteiger partial charge in [-0.15, -0.1) is 0 Å². The van der Waals surface area contributed by atoms with Gasteiger partial charge in [-0.1, -0.05) is 12.1 Å². The summed E-state index contributed by atoms with van der Waals surface area (Å²) in [5.74, 6) is 0. The van der Waals surface area contributed by atoms with Gasteiger partial charge in [0.1, 0.15) is 0 Å². The topological polar surface area (TPSA) is 66.4 Å². The van der Waals surface area contributed by atoms with Crippen molar-refractivity contribution >= 4 is 9.84 Å². The Morgan fingerprint density at radius 1 is 1.33 bits per heavy atom. The molecule has 0 saturated heterocycles. The molecule has 1 atom stereocenters. The van der Waals surface area contributed by atoms with Gasteiger partial charge >= 0.3 is 0 Å². The third-order valence-electron chi connectivity index (χ3n) is 2.24. The zero-order chi connectivity index (χ0) is 11.5. The molecule has 2 N–H and O–H groups in total. The standard InChI is InChI=1S/C10H15NO3S/c1-11-10(7-12)8-3-5-9(6-4-8)15(2,13)14/h3-6,10-12H,7H2,1-2H3. The molecule has 4 nitrogen and oxygen atoms in total. The van der Waals surface area contributed by atoms with Crippen LogP contribution in [-0.4, -0.2) is 33.4 Å². The van der Waals surface area contributed by atoms with Crippen LogP contribution in [0.25, 0.3) is 0 Å². The molecule has 15 heavy (non-hydrogen) atoms. The molecule has 0 aliphatic heterocycles.